The van der Waals surface area contributed by atoms with E-state index in [4.69, 9.17) is 9.47 Å². The van der Waals surface area contributed by atoms with Crippen molar-refractivity contribution in [1.82, 2.24) is 0 Å². The van der Waals surface area contributed by atoms with E-state index in [9.17, 15) is 4.79 Å². The van der Waals surface area contributed by atoms with Gasteiger partial charge in [0.15, 0.2) is 0 Å². The fourth-order valence-electron chi connectivity index (χ4n) is 0.601. The molecule has 0 heterocycles. The van der Waals surface area contributed by atoms with Crippen molar-refractivity contribution in [1.29, 1.82) is 0 Å². The molecule has 0 aromatic heterocycles. The molecule has 4 heteroatoms. The van der Waals surface area contributed by atoms with Gasteiger partial charge in [-0.1, -0.05) is 0 Å². The van der Waals surface area contributed by atoms with Crippen LogP contribution in [0.3, 0.4) is 0 Å². The smallest absolute Gasteiger partial charge is 0.373 e. The molecule has 1 unspecified atom stereocenters. The van der Waals surface area contributed by atoms with Crippen molar-refractivity contribution in [2.24, 2.45) is 0 Å². The van der Waals surface area contributed by atoms with Crippen molar-refractivity contribution >= 4 is 5.97 Å². The molecule has 0 aliphatic heterocycles. The predicted octanol–water partition coefficient (Wildman–Crippen LogP) is 0.725. The first-order valence-corrected chi connectivity index (χ1v) is 3.52. The Morgan fingerprint density at radius 2 is 1.83 bits per heavy atom. The van der Waals surface area contributed by atoms with E-state index in [1.807, 2.05) is 0 Å². The van der Waals surface area contributed by atoms with Gasteiger partial charge in [-0.15, -0.1) is 0 Å². The Labute approximate surface area is 72.1 Å². The quantitative estimate of drug-likeness (QED) is 0.358. The minimum absolute atomic E-state index is 0.159. The fraction of sp³-hybridized carbons (Fsp3) is 0.625. The minimum Gasteiger partial charge on any atom is -0.490 e. The average Bonchev–Trinajstić information content (AvgIpc) is 2.12. The van der Waals surface area contributed by atoms with Crippen LogP contribution in [0.25, 0.3) is 0 Å². The molecule has 0 saturated heterocycles. The van der Waals surface area contributed by atoms with Crippen molar-refractivity contribution in [3.8, 4) is 0 Å². The zero-order chi connectivity index (χ0) is 9.56. The van der Waals surface area contributed by atoms with E-state index < -0.39 is 5.97 Å². The van der Waals surface area contributed by atoms with Gasteiger partial charge in [0, 0.05) is 7.11 Å². The molecule has 70 valence electrons. The SMILES string of the molecule is COC(=O)C(=CC(C)OC)OC. The van der Waals surface area contributed by atoms with Crippen LogP contribution in [0.1, 0.15) is 6.92 Å². The molecular formula is C8H14O4. The third-order valence-electron chi connectivity index (χ3n) is 1.36. The molecule has 0 aromatic carbocycles. The highest BCUT2D eigenvalue weighted by molar-refractivity contribution is 5.86. The number of rotatable bonds is 4. The van der Waals surface area contributed by atoms with E-state index in [1.165, 1.54) is 14.2 Å². The largest absolute Gasteiger partial charge is 0.490 e. The molecular weight excluding hydrogens is 160 g/mol. The highest BCUT2D eigenvalue weighted by atomic mass is 16.6. The van der Waals surface area contributed by atoms with Crippen LogP contribution in [0.15, 0.2) is 11.8 Å². The van der Waals surface area contributed by atoms with Gasteiger partial charge in [-0.3, -0.25) is 0 Å². The first kappa shape index (κ1) is 11.0. The maximum atomic E-state index is 10.9. The molecule has 0 radical (unpaired) electrons. The van der Waals surface area contributed by atoms with Crippen LogP contribution in [-0.4, -0.2) is 33.4 Å². The van der Waals surface area contributed by atoms with Crippen molar-refractivity contribution < 1.29 is 19.0 Å². The lowest BCUT2D eigenvalue weighted by atomic mass is 10.3. The topological polar surface area (TPSA) is 44.8 Å². The number of ether oxygens (including phenoxy) is 3. The first-order chi connectivity index (χ1) is 5.65. The van der Waals surface area contributed by atoms with Gasteiger partial charge in [0.1, 0.15) is 0 Å². The highest BCUT2D eigenvalue weighted by Gasteiger charge is 2.10. The average molecular weight is 174 g/mol. The van der Waals surface area contributed by atoms with E-state index in [0.717, 1.165) is 0 Å². The molecule has 4 nitrogen and oxygen atoms in total. The standard InChI is InChI=1S/C8H14O4/c1-6(10-2)5-7(11-3)8(9)12-4/h5-6H,1-4H3. The molecule has 0 aromatic rings. The lowest BCUT2D eigenvalue weighted by Gasteiger charge is -2.06. The Morgan fingerprint density at radius 3 is 2.17 bits per heavy atom. The maximum absolute atomic E-state index is 10.9. The van der Waals surface area contributed by atoms with E-state index in [-0.39, 0.29) is 11.9 Å². The zero-order valence-corrected chi connectivity index (χ0v) is 7.79. The van der Waals surface area contributed by atoms with Crippen molar-refractivity contribution in [2.45, 2.75) is 13.0 Å². The zero-order valence-electron chi connectivity index (χ0n) is 7.79. The predicted molar refractivity (Wildman–Crippen MR) is 43.6 cm³/mol. The summed E-state index contributed by atoms with van der Waals surface area (Å²) in [5, 5.41) is 0. The maximum Gasteiger partial charge on any atom is 0.373 e. The summed E-state index contributed by atoms with van der Waals surface area (Å²) in [7, 11) is 4.25. The van der Waals surface area contributed by atoms with Crippen molar-refractivity contribution in [3.05, 3.63) is 11.8 Å². The van der Waals surface area contributed by atoms with Crippen LogP contribution in [0, 0.1) is 0 Å². The number of methoxy groups -OCH3 is 3. The van der Waals surface area contributed by atoms with Gasteiger partial charge in [0.2, 0.25) is 5.76 Å². The van der Waals surface area contributed by atoms with Crippen LogP contribution >= 0.6 is 0 Å². The van der Waals surface area contributed by atoms with Crippen LogP contribution in [0.2, 0.25) is 0 Å². The van der Waals surface area contributed by atoms with Gasteiger partial charge < -0.3 is 14.2 Å². The van der Waals surface area contributed by atoms with Gasteiger partial charge in [-0.2, -0.15) is 0 Å². The highest BCUT2D eigenvalue weighted by Crippen LogP contribution is 2.02. The summed E-state index contributed by atoms with van der Waals surface area (Å²) in [5.74, 6) is -0.340. The van der Waals surface area contributed by atoms with Gasteiger partial charge >= 0.3 is 5.97 Å². The monoisotopic (exact) mass is 174 g/mol. The Hall–Kier alpha value is -1.03. The molecule has 0 aliphatic rings. The Bertz CT molecular complexity index is 174. The second-order valence-electron chi connectivity index (χ2n) is 2.17. The summed E-state index contributed by atoms with van der Waals surface area (Å²) in [6, 6.07) is 0. The Morgan fingerprint density at radius 1 is 1.25 bits per heavy atom. The van der Waals surface area contributed by atoms with Crippen LogP contribution in [0.4, 0.5) is 0 Å². The summed E-state index contributed by atoms with van der Waals surface area (Å²) in [6.07, 6.45) is 1.38. The third kappa shape index (κ3) is 3.39. The number of hydrogen-bond acceptors (Lipinski definition) is 4. The summed E-state index contributed by atoms with van der Waals surface area (Å²) < 4.78 is 14.2. The molecule has 0 bridgehead atoms. The lowest BCUT2D eigenvalue weighted by molar-refractivity contribution is -0.139. The summed E-state index contributed by atoms with van der Waals surface area (Å²) in [5.41, 5.74) is 0. The molecule has 0 N–H and O–H groups in total. The normalized spacial score (nSPS) is 13.8. The van der Waals surface area contributed by atoms with Crippen LogP contribution in [0.5, 0.6) is 0 Å². The first-order valence-electron chi connectivity index (χ1n) is 3.52. The molecule has 0 rings (SSSR count). The Kier molecular flexibility index (Phi) is 5.12. The third-order valence-corrected chi connectivity index (χ3v) is 1.36. The summed E-state index contributed by atoms with van der Waals surface area (Å²) >= 11 is 0. The van der Waals surface area contributed by atoms with Gasteiger partial charge in [0.05, 0.1) is 20.3 Å². The van der Waals surface area contributed by atoms with Gasteiger partial charge in [-0.05, 0) is 13.0 Å². The second kappa shape index (κ2) is 5.60. The lowest BCUT2D eigenvalue weighted by Crippen LogP contribution is -2.10. The van der Waals surface area contributed by atoms with Crippen molar-refractivity contribution in [2.75, 3.05) is 21.3 Å². The number of carbonyl (C=O) groups is 1. The number of hydrogen-bond donors (Lipinski definition) is 0. The molecule has 0 aliphatic carbocycles. The second-order valence-corrected chi connectivity index (χ2v) is 2.17. The van der Waals surface area contributed by atoms with Crippen molar-refractivity contribution in [3.63, 3.8) is 0 Å². The fourth-order valence-corrected chi connectivity index (χ4v) is 0.601. The van der Waals surface area contributed by atoms with E-state index in [0.29, 0.717) is 0 Å². The number of esters is 1. The van der Waals surface area contributed by atoms with E-state index in [2.05, 4.69) is 4.74 Å². The molecule has 0 saturated carbocycles. The van der Waals surface area contributed by atoms with Crippen LogP contribution < -0.4 is 0 Å². The van der Waals surface area contributed by atoms with Crippen LogP contribution in [-0.2, 0) is 19.0 Å². The Balaban J connectivity index is 4.32. The minimum atomic E-state index is -0.499. The summed E-state index contributed by atoms with van der Waals surface area (Å²) in [6.45, 7) is 1.79. The number of carbonyl (C=O) groups excluding carboxylic acids is 1. The van der Waals surface area contributed by atoms with Gasteiger partial charge in [0.25, 0.3) is 0 Å². The molecule has 1 atom stereocenters. The van der Waals surface area contributed by atoms with E-state index >= 15 is 0 Å². The van der Waals surface area contributed by atoms with E-state index in [1.54, 1.807) is 20.1 Å². The summed E-state index contributed by atoms with van der Waals surface area (Å²) in [4.78, 5) is 10.9. The molecule has 0 fully saturated rings. The molecule has 0 amide bonds. The molecule has 12 heavy (non-hydrogen) atoms. The van der Waals surface area contributed by atoms with Gasteiger partial charge in [-0.25, -0.2) is 4.79 Å². The molecule has 0 spiro atoms.